The van der Waals surface area contributed by atoms with Crippen LogP contribution in [0.1, 0.15) is 0 Å². The molecule has 0 aromatic rings. The van der Waals surface area contributed by atoms with Crippen LogP contribution in [0.2, 0.25) is 0 Å². The van der Waals surface area contributed by atoms with Gasteiger partial charge in [-0.2, -0.15) is 0 Å². The standard InChI is InChI=1S/2Li.2Na.2H3O4P/c;;;;2*1-5(2,3)4/h;;;;2*(H3,1,2,3,4)/q4*+1;;/p-4. The third-order valence-electron chi connectivity index (χ3n) is 0. The molecule has 0 fully saturated rings. The minimum absolute atomic E-state index is 0. The molecule has 0 aliphatic rings. The normalized spacial score (nSPS) is 8.43. The Balaban J connectivity index is -0.0000000178. The molecule has 0 aliphatic carbocycles. The maximum absolute atomic E-state index is 8.66. The molecular weight excluding hydrogens is 250 g/mol. The predicted molar refractivity (Wildman–Crippen MR) is 19.7 cm³/mol. The molecule has 0 aromatic heterocycles. The van der Waals surface area contributed by atoms with Crippen LogP contribution in [0.4, 0.5) is 0 Å². The van der Waals surface area contributed by atoms with Crippen LogP contribution >= 0.6 is 15.6 Å². The largest absolute Gasteiger partial charge is 1.00 e. The fourth-order valence-electron chi connectivity index (χ4n) is 0. The molecule has 0 unspecified atom stereocenters. The van der Waals surface area contributed by atoms with E-state index in [1.165, 1.54) is 0 Å². The van der Waals surface area contributed by atoms with Crippen molar-refractivity contribution >= 4 is 15.6 Å². The summed E-state index contributed by atoms with van der Waals surface area (Å²) in [6.07, 6.45) is 0. The molecule has 14 heteroatoms. The average Bonchev–Trinajstić information content (AvgIpc) is 1.12. The van der Waals surface area contributed by atoms with Crippen molar-refractivity contribution in [2.45, 2.75) is 0 Å². The summed E-state index contributed by atoms with van der Waals surface area (Å²) in [6, 6.07) is 0. The van der Waals surface area contributed by atoms with E-state index < -0.39 is 15.6 Å². The maximum atomic E-state index is 8.66. The molecule has 0 aliphatic heterocycles. The van der Waals surface area contributed by atoms with Gasteiger partial charge in [-0.05, 0) is 0 Å². The van der Waals surface area contributed by atoms with Crippen LogP contribution in [0.5, 0.6) is 0 Å². The molecule has 0 aromatic carbocycles. The van der Waals surface area contributed by atoms with E-state index in [2.05, 4.69) is 0 Å². The fourth-order valence-corrected chi connectivity index (χ4v) is 0. The summed E-state index contributed by atoms with van der Waals surface area (Å²) in [5.74, 6) is 0. The first-order valence-corrected chi connectivity index (χ1v) is 4.49. The first kappa shape index (κ1) is 36.0. The van der Waals surface area contributed by atoms with E-state index in [9.17, 15) is 0 Å². The van der Waals surface area contributed by atoms with Crippen LogP contribution in [0.25, 0.3) is 0 Å². The van der Waals surface area contributed by atoms with Crippen molar-refractivity contribution in [2.24, 2.45) is 0 Å². The van der Waals surface area contributed by atoms with Crippen molar-refractivity contribution in [1.82, 2.24) is 0 Å². The van der Waals surface area contributed by atoms with Crippen molar-refractivity contribution in [3.63, 3.8) is 0 Å². The molecule has 64 valence electrons. The van der Waals surface area contributed by atoms with Crippen LogP contribution in [0.3, 0.4) is 0 Å². The Morgan fingerprint density at radius 2 is 0.714 bits per heavy atom. The molecule has 8 nitrogen and oxygen atoms in total. The van der Waals surface area contributed by atoms with Crippen molar-refractivity contribution in [3.8, 4) is 0 Å². The Bertz CT molecular complexity index is 136. The fraction of sp³-hybridized carbons (Fsp3) is 0. The zero-order valence-electron chi connectivity index (χ0n) is 8.24. The topological polar surface area (TPSA) is 167 Å². The first-order chi connectivity index (χ1) is 4.00. The minimum atomic E-state index is -5.14. The molecule has 14 heavy (non-hydrogen) atoms. The van der Waals surface area contributed by atoms with Gasteiger partial charge in [-0.1, -0.05) is 0 Å². The molecule has 0 heterocycles. The number of rotatable bonds is 0. The Kier molecular flexibility index (Phi) is 42.2. The molecule has 0 spiro atoms. The van der Waals surface area contributed by atoms with Gasteiger partial charge in [0.1, 0.15) is 0 Å². The van der Waals surface area contributed by atoms with Gasteiger partial charge < -0.3 is 38.5 Å². The Morgan fingerprint density at radius 1 is 0.714 bits per heavy atom. The second kappa shape index (κ2) is 16.4. The summed E-state index contributed by atoms with van der Waals surface area (Å²) < 4.78 is 17.3. The van der Waals surface area contributed by atoms with Gasteiger partial charge >= 0.3 is 96.8 Å². The van der Waals surface area contributed by atoms with Gasteiger partial charge in [0.2, 0.25) is 0 Å². The van der Waals surface area contributed by atoms with Crippen molar-refractivity contribution in [1.29, 1.82) is 0 Å². The summed E-state index contributed by atoms with van der Waals surface area (Å²) in [5.41, 5.74) is 0. The van der Waals surface area contributed by atoms with Gasteiger partial charge in [0.15, 0.2) is 0 Å². The van der Waals surface area contributed by atoms with Crippen LogP contribution in [-0.2, 0) is 9.13 Å². The van der Waals surface area contributed by atoms with E-state index in [4.69, 9.17) is 38.5 Å². The second-order valence-corrected chi connectivity index (χ2v) is 2.81. The van der Waals surface area contributed by atoms with Crippen LogP contribution in [-0.4, -0.2) is 9.79 Å². The molecular formula is H2Li2Na2O8P2. The van der Waals surface area contributed by atoms with Gasteiger partial charge in [0, 0.05) is 0 Å². The van der Waals surface area contributed by atoms with Crippen LogP contribution in [0, 0.1) is 0 Å². The average molecular weight is 252 g/mol. The second-order valence-electron chi connectivity index (χ2n) is 0.937. The molecule has 0 bridgehead atoms. The van der Waals surface area contributed by atoms with E-state index in [0.717, 1.165) is 0 Å². The van der Waals surface area contributed by atoms with Gasteiger partial charge in [-0.15, -0.1) is 0 Å². The van der Waals surface area contributed by atoms with Crippen molar-refractivity contribution < 1.29 is 135 Å². The van der Waals surface area contributed by atoms with Gasteiger partial charge in [0.25, 0.3) is 0 Å². The predicted octanol–water partition coefficient (Wildman–Crippen LogP) is -16.4. The summed E-state index contributed by atoms with van der Waals surface area (Å²) in [5, 5.41) is 0. The number of hydrogen-bond acceptors (Lipinski definition) is 6. The zero-order chi connectivity index (χ0) is 9.00. The molecule has 0 saturated carbocycles. The van der Waals surface area contributed by atoms with Crippen molar-refractivity contribution in [2.75, 3.05) is 0 Å². The summed E-state index contributed by atoms with van der Waals surface area (Å²) in [7, 11) is -10.3. The van der Waals surface area contributed by atoms with Crippen LogP contribution < -0.4 is 116 Å². The number of hydrogen-bond donors (Lipinski definition) is 2. The number of phosphoric acid groups is 2. The van der Waals surface area contributed by atoms with E-state index in [-0.39, 0.29) is 96.8 Å². The van der Waals surface area contributed by atoms with Gasteiger partial charge in [0.05, 0.1) is 15.6 Å². The molecule has 0 amide bonds. The maximum Gasteiger partial charge on any atom is 1.00 e. The minimum Gasteiger partial charge on any atom is -0.790 e. The van der Waals surface area contributed by atoms with E-state index in [0.29, 0.717) is 0 Å². The third kappa shape index (κ3) is 275. The Labute approximate surface area is 149 Å². The van der Waals surface area contributed by atoms with E-state index in [1.54, 1.807) is 0 Å². The van der Waals surface area contributed by atoms with Gasteiger partial charge in [-0.3, -0.25) is 0 Å². The molecule has 0 saturated heterocycles. The van der Waals surface area contributed by atoms with Crippen molar-refractivity contribution in [3.05, 3.63) is 0 Å². The quantitative estimate of drug-likeness (QED) is 0.316. The molecule has 0 atom stereocenters. The summed E-state index contributed by atoms with van der Waals surface area (Å²) in [4.78, 5) is 48.6. The SMILES string of the molecule is O=P([O-])([O-])O.O=P([O-])([O-])O.[Li+].[Li+].[Na+].[Na+]. The molecule has 0 rings (SSSR count). The Morgan fingerprint density at radius 3 is 0.714 bits per heavy atom. The van der Waals surface area contributed by atoms with E-state index in [1.807, 2.05) is 0 Å². The molecule has 0 radical (unpaired) electrons. The summed E-state index contributed by atoms with van der Waals surface area (Å²) in [6.45, 7) is 0. The monoisotopic (exact) mass is 252 g/mol. The Hall–Kier alpha value is 3.41. The third-order valence-corrected chi connectivity index (χ3v) is 0. The summed E-state index contributed by atoms with van der Waals surface area (Å²) >= 11 is 0. The van der Waals surface area contributed by atoms with Crippen LogP contribution in [0.15, 0.2) is 0 Å². The molecule has 2 N–H and O–H groups in total. The first-order valence-electron chi connectivity index (χ1n) is 1.50. The zero-order valence-corrected chi connectivity index (χ0v) is 14.0. The van der Waals surface area contributed by atoms with E-state index >= 15 is 0 Å². The van der Waals surface area contributed by atoms with Gasteiger partial charge in [-0.25, -0.2) is 0 Å². The smallest absolute Gasteiger partial charge is 0.790 e.